The monoisotopic (exact) mass is 370 g/mol. The molecular weight excluding hydrogens is 352 g/mol. The number of nitrogens with one attached hydrogen (secondary N) is 1. The van der Waals surface area contributed by atoms with E-state index in [4.69, 9.17) is 9.47 Å². The second-order valence-electron chi connectivity index (χ2n) is 6.67. The number of hydrogen-bond acceptors (Lipinski definition) is 4. The van der Waals surface area contributed by atoms with Crippen molar-refractivity contribution >= 4 is 10.9 Å². The molecule has 1 N–H and O–H groups in total. The number of rotatable bonds is 3. The van der Waals surface area contributed by atoms with E-state index in [-0.39, 0.29) is 11.8 Å². The highest BCUT2D eigenvalue weighted by molar-refractivity contribution is 5.79. The van der Waals surface area contributed by atoms with Gasteiger partial charge in [0.15, 0.2) is 6.29 Å². The zero-order chi connectivity index (χ0) is 18.9. The molecule has 1 fully saturated rings. The number of hydrogen-bond donors (Lipinski definition) is 1. The fraction of sp³-hybridized carbons (Fsp3) is 0.130. The SMILES string of the molecule is O=c1[nH]c(-c2ccc(-c3ccccc3C3OCCO3)cc2)nc2ccccc12. The van der Waals surface area contributed by atoms with Crippen LogP contribution in [0.4, 0.5) is 0 Å². The smallest absolute Gasteiger partial charge is 0.259 e. The average molecular weight is 370 g/mol. The summed E-state index contributed by atoms with van der Waals surface area (Å²) in [6, 6.07) is 23.4. The first-order valence-electron chi connectivity index (χ1n) is 9.21. The molecule has 4 aromatic rings. The van der Waals surface area contributed by atoms with Crippen LogP contribution in [0.25, 0.3) is 33.4 Å². The van der Waals surface area contributed by atoms with Gasteiger partial charge in [0.1, 0.15) is 5.82 Å². The van der Waals surface area contributed by atoms with Crippen LogP contribution in [-0.4, -0.2) is 23.2 Å². The molecular formula is C23H18N2O3. The minimum Gasteiger partial charge on any atom is -0.346 e. The van der Waals surface area contributed by atoms with Crippen molar-refractivity contribution in [1.29, 1.82) is 0 Å². The topological polar surface area (TPSA) is 64.2 Å². The third kappa shape index (κ3) is 3.01. The molecule has 0 saturated carbocycles. The van der Waals surface area contributed by atoms with Crippen LogP contribution < -0.4 is 5.56 Å². The summed E-state index contributed by atoms with van der Waals surface area (Å²) in [5.74, 6) is 0.561. The summed E-state index contributed by atoms with van der Waals surface area (Å²) in [4.78, 5) is 19.8. The number of benzene rings is 3. The van der Waals surface area contributed by atoms with Gasteiger partial charge in [0.2, 0.25) is 0 Å². The predicted octanol–water partition coefficient (Wildman–Crippen LogP) is 4.30. The van der Waals surface area contributed by atoms with Crippen LogP contribution in [-0.2, 0) is 9.47 Å². The summed E-state index contributed by atoms with van der Waals surface area (Å²) >= 11 is 0. The molecule has 5 rings (SSSR count). The average Bonchev–Trinajstić information content (AvgIpc) is 3.29. The maximum absolute atomic E-state index is 12.3. The van der Waals surface area contributed by atoms with Gasteiger partial charge in [-0.15, -0.1) is 0 Å². The van der Waals surface area contributed by atoms with E-state index in [2.05, 4.69) is 16.0 Å². The molecule has 0 amide bonds. The second kappa shape index (κ2) is 7.03. The molecule has 5 nitrogen and oxygen atoms in total. The first-order valence-corrected chi connectivity index (χ1v) is 9.21. The van der Waals surface area contributed by atoms with E-state index in [1.165, 1.54) is 0 Å². The van der Waals surface area contributed by atoms with Crippen LogP contribution in [0.5, 0.6) is 0 Å². The quantitative estimate of drug-likeness (QED) is 0.584. The summed E-state index contributed by atoms with van der Waals surface area (Å²) in [5, 5.41) is 0.591. The van der Waals surface area contributed by atoms with Crippen molar-refractivity contribution in [3.05, 3.63) is 88.7 Å². The third-order valence-corrected chi connectivity index (χ3v) is 4.92. The lowest BCUT2D eigenvalue weighted by molar-refractivity contribution is -0.0436. The minimum atomic E-state index is -0.325. The summed E-state index contributed by atoms with van der Waals surface area (Å²) in [6.07, 6.45) is -0.325. The zero-order valence-corrected chi connectivity index (χ0v) is 15.1. The Morgan fingerprint density at radius 1 is 0.821 bits per heavy atom. The molecule has 0 atom stereocenters. The standard InChI is InChI=1S/C23H18N2O3/c26-22-19-7-3-4-8-20(19)24-21(25-22)16-11-9-15(10-12-16)17-5-1-2-6-18(17)23-27-13-14-28-23/h1-12,23H,13-14H2,(H,24,25,26). The van der Waals surface area contributed by atoms with Crippen LogP contribution in [0.3, 0.4) is 0 Å². The number of para-hydroxylation sites is 1. The highest BCUT2D eigenvalue weighted by Crippen LogP contribution is 2.33. The van der Waals surface area contributed by atoms with Crippen molar-refractivity contribution in [3.8, 4) is 22.5 Å². The number of aromatic amines is 1. The van der Waals surface area contributed by atoms with Gasteiger partial charge in [-0.25, -0.2) is 4.98 Å². The van der Waals surface area contributed by atoms with E-state index in [9.17, 15) is 4.79 Å². The molecule has 1 saturated heterocycles. The van der Waals surface area contributed by atoms with Crippen molar-refractivity contribution in [2.75, 3.05) is 13.2 Å². The number of aromatic nitrogens is 2. The molecule has 1 aliphatic rings. The van der Waals surface area contributed by atoms with E-state index in [1.807, 2.05) is 60.7 Å². The lowest BCUT2D eigenvalue weighted by Crippen LogP contribution is -2.09. The van der Waals surface area contributed by atoms with Crippen LogP contribution in [0.15, 0.2) is 77.6 Å². The van der Waals surface area contributed by atoms with Gasteiger partial charge >= 0.3 is 0 Å². The number of H-pyrrole nitrogens is 1. The van der Waals surface area contributed by atoms with Gasteiger partial charge < -0.3 is 14.5 Å². The van der Waals surface area contributed by atoms with Crippen molar-refractivity contribution < 1.29 is 9.47 Å². The molecule has 0 unspecified atom stereocenters. The van der Waals surface area contributed by atoms with Gasteiger partial charge in [0.05, 0.1) is 24.1 Å². The fourth-order valence-electron chi connectivity index (χ4n) is 3.53. The van der Waals surface area contributed by atoms with E-state index < -0.39 is 0 Å². The molecule has 28 heavy (non-hydrogen) atoms. The first-order chi connectivity index (χ1) is 13.8. The number of fused-ring (bicyclic) bond motifs is 1. The molecule has 5 heteroatoms. The van der Waals surface area contributed by atoms with E-state index in [0.717, 1.165) is 22.3 Å². The van der Waals surface area contributed by atoms with Crippen LogP contribution in [0.1, 0.15) is 11.9 Å². The Morgan fingerprint density at radius 2 is 1.50 bits per heavy atom. The first kappa shape index (κ1) is 16.9. The Hall–Kier alpha value is -3.28. The van der Waals surface area contributed by atoms with Crippen molar-refractivity contribution in [2.45, 2.75) is 6.29 Å². The summed E-state index contributed by atoms with van der Waals surface area (Å²) in [5.41, 5.74) is 4.56. The summed E-state index contributed by atoms with van der Waals surface area (Å²) in [7, 11) is 0. The van der Waals surface area contributed by atoms with Gasteiger partial charge in [-0.05, 0) is 23.3 Å². The zero-order valence-electron chi connectivity index (χ0n) is 15.1. The van der Waals surface area contributed by atoms with Crippen LogP contribution in [0.2, 0.25) is 0 Å². The number of nitrogens with zero attached hydrogens (tertiary/aromatic N) is 1. The summed E-state index contributed by atoms with van der Waals surface area (Å²) < 4.78 is 11.4. The lowest BCUT2D eigenvalue weighted by Gasteiger charge is -2.15. The van der Waals surface area contributed by atoms with Gasteiger partial charge in [-0.3, -0.25) is 4.79 Å². The van der Waals surface area contributed by atoms with E-state index in [0.29, 0.717) is 29.9 Å². The molecule has 3 aromatic carbocycles. The molecule has 138 valence electrons. The van der Waals surface area contributed by atoms with Gasteiger partial charge in [-0.1, -0.05) is 60.7 Å². The Morgan fingerprint density at radius 3 is 2.32 bits per heavy atom. The largest absolute Gasteiger partial charge is 0.346 e. The van der Waals surface area contributed by atoms with E-state index in [1.54, 1.807) is 6.07 Å². The summed E-state index contributed by atoms with van der Waals surface area (Å²) in [6.45, 7) is 1.22. The Balaban J connectivity index is 1.53. The highest BCUT2D eigenvalue weighted by Gasteiger charge is 2.21. The minimum absolute atomic E-state index is 0.134. The van der Waals surface area contributed by atoms with E-state index >= 15 is 0 Å². The lowest BCUT2D eigenvalue weighted by atomic mass is 9.98. The molecule has 0 aliphatic carbocycles. The molecule has 0 bridgehead atoms. The van der Waals surface area contributed by atoms with Crippen LogP contribution in [0, 0.1) is 0 Å². The predicted molar refractivity (Wildman–Crippen MR) is 108 cm³/mol. The highest BCUT2D eigenvalue weighted by atomic mass is 16.7. The molecule has 0 spiro atoms. The fourth-order valence-corrected chi connectivity index (χ4v) is 3.53. The number of ether oxygens (including phenoxy) is 2. The van der Waals surface area contributed by atoms with Crippen molar-refractivity contribution in [3.63, 3.8) is 0 Å². The van der Waals surface area contributed by atoms with Crippen molar-refractivity contribution in [1.82, 2.24) is 9.97 Å². The van der Waals surface area contributed by atoms with Gasteiger partial charge in [0, 0.05) is 11.1 Å². The van der Waals surface area contributed by atoms with Gasteiger partial charge in [-0.2, -0.15) is 0 Å². The Bertz CT molecular complexity index is 1190. The Labute approximate surface area is 161 Å². The normalized spacial score (nSPS) is 14.6. The van der Waals surface area contributed by atoms with Crippen LogP contribution >= 0.6 is 0 Å². The van der Waals surface area contributed by atoms with Gasteiger partial charge in [0.25, 0.3) is 5.56 Å². The molecule has 0 radical (unpaired) electrons. The second-order valence-corrected chi connectivity index (χ2v) is 6.67. The molecule has 1 aromatic heterocycles. The van der Waals surface area contributed by atoms with Crippen molar-refractivity contribution in [2.24, 2.45) is 0 Å². The maximum atomic E-state index is 12.3. The molecule has 1 aliphatic heterocycles. The Kier molecular flexibility index (Phi) is 4.24. The third-order valence-electron chi connectivity index (χ3n) is 4.92. The maximum Gasteiger partial charge on any atom is 0.259 e. The molecule has 2 heterocycles.